The molecule has 12 heteroatoms. The number of amidine groups is 1. The van der Waals surface area contributed by atoms with Gasteiger partial charge in [0.25, 0.3) is 0 Å². The smallest absolute Gasteiger partial charge is 0.413 e. The van der Waals surface area contributed by atoms with Crippen molar-refractivity contribution in [2.75, 3.05) is 12.3 Å². The van der Waals surface area contributed by atoms with Gasteiger partial charge >= 0.3 is 12.3 Å². The highest BCUT2D eigenvalue weighted by atomic mass is 127. The lowest BCUT2D eigenvalue weighted by Crippen LogP contribution is -2.58. The monoisotopic (exact) mass is 591 g/mol. The molecule has 1 aliphatic heterocycles. The van der Waals surface area contributed by atoms with Crippen LogP contribution in [-0.2, 0) is 20.0 Å². The Hall–Kier alpha value is -1.44. The van der Waals surface area contributed by atoms with Crippen LogP contribution in [0.1, 0.15) is 47.1 Å². The number of benzene rings is 1. The number of carbonyl (C=O) groups is 1. The van der Waals surface area contributed by atoms with Crippen molar-refractivity contribution >= 4 is 44.2 Å². The summed E-state index contributed by atoms with van der Waals surface area (Å²) in [5.74, 6) is -1.31. The van der Waals surface area contributed by atoms with E-state index in [0.717, 1.165) is 0 Å². The van der Waals surface area contributed by atoms with Gasteiger partial charge in [-0.05, 0) is 82.3 Å². The molecule has 0 aliphatic carbocycles. The zero-order valence-corrected chi connectivity index (χ0v) is 21.5. The number of halogens is 5. The Labute approximate surface area is 198 Å². The fraction of sp³-hybridized carbons (Fsp3) is 0.600. The van der Waals surface area contributed by atoms with Crippen LogP contribution in [0.2, 0.25) is 0 Å². The largest absolute Gasteiger partial charge is 0.444 e. The Morgan fingerprint density at radius 1 is 1.28 bits per heavy atom. The van der Waals surface area contributed by atoms with Crippen LogP contribution in [0.15, 0.2) is 27.6 Å². The van der Waals surface area contributed by atoms with Crippen molar-refractivity contribution in [1.29, 1.82) is 0 Å². The molecule has 0 saturated heterocycles. The molecule has 1 aromatic rings. The lowest BCUT2D eigenvalue weighted by molar-refractivity contribution is -0.117. The maximum Gasteiger partial charge on any atom is 0.413 e. The zero-order chi connectivity index (χ0) is 24.8. The van der Waals surface area contributed by atoms with E-state index in [-0.39, 0.29) is 11.4 Å². The van der Waals surface area contributed by atoms with E-state index in [2.05, 4.69) is 14.7 Å². The summed E-state index contributed by atoms with van der Waals surface area (Å²) in [6, 6.07) is 4.20. The quantitative estimate of drug-likeness (QED) is 0.370. The van der Waals surface area contributed by atoms with Gasteiger partial charge in [0, 0.05) is 9.13 Å². The number of nitrogens with one attached hydrogen (secondary N) is 1. The molecule has 1 heterocycles. The SMILES string of the molecule is CC(C)(C)OC(=O)NC1=N[C@](C)(c2cc(I)ccc2F)C[S@](=O)(=NCC(F)(F)F)C1(C)C. The van der Waals surface area contributed by atoms with Crippen LogP contribution in [-0.4, -0.2) is 45.0 Å². The number of alkyl halides is 3. The first-order valence-electron chi connectivity index (χ1n) is 9.61. The van der Waals surface area contributed by atoms with Crippen molar-refractivity contribution in [2.24, 2.45) is 9.36 Å². The lowest BCUT2D eigenvalue weighted by Gasteiger charge is -2.42. The molecule has 1 aliphatic rings. The van der Waals surface area contributed by atoms with Crippen LogP contribution in [0.5, 0.6) is 0 Å². The molecule has 6 nitrogen and oxygen atoms in total. The topological polar surface area (TPSA) is 80.1 Å². The van der Waals surface area contributed by atoms with Gasteiger partial charge in [-0.15, -0.1) is 0 Å². The molecule has 1 N–H and O–H groups in total. The number of aliphatic imine (C=N–C) groups is 1. The average Bonchev–Trinajstić information content (AvgIpc) is 2.58. The highest BCUT2D eigenvalue weighted by molar-refractivity contribution is 14.1. The van der Waals surface area contributed by atoms with E-state index in [1.54, 1.807) is 20.8 Å². The molecule has 2 rings (SSSR count). The number of ether oxygens (including phenoxy) is 1. The van der Waals surface area contributed by atoms with Crippen molar-refractivity contribution < 1.29 is 31.3 Å². The molecule has 0 spiro atoms. The van der Waals surface area contributed by atoms with Gasteiger partial charge in [0.15, 0.2) is 0 Å². The Bertz CT molecular complexity index is 1060. The molecule has 0 radical (unpaired) electrons. The molecular weight excluding hydrogens is 565 g/mol. The van der Waals surface area contributed by atoms with E-state index in [1.807, 2.05) is 22.6 Å². The van der Waals surface area contributed by atoms with Gasteiger partial charge in [-0.1, -0.05) is 0 Å². The van der Waals surface area contributed by atoms with Gasteiger partial charge in [-0.2, -0.15) is 13.2 Å². The fourth-order valence-electron chi connectivity index (χ4n) is 3.14. The summed E-state index contributed by atoms with van der Waals surface area (Å²) >= 11 is 1.96. The summed E-state index contributed by atoms with van der Waals surface area (Å²) in [6.45, 7) is 7.48. The minimum Gasteiger partial charge on any atom is -0.444 e. The number of carbonyl (C=O) groups excluding carboxylic acids is 1. The Morgan fingerprint density at radius 2 is 1.88 bits per heavy atom. The van der Waals surface area contributed by atoms with E-state index < -0.39 is 56.0 Å². The van der Waals surface area contributed by atoms with Crippen molar-refractivity contribution in [1.82, 2.24) is 5.32 Å². The number of alkyl carbamates (subject to hydrolysis) is 1. The first kappa shape index (κ1) is 26.8. The van der Waals surface area contributed by atoms with E-state index in [4.69, 9.17) is 4.74 Å². The molecule has 0 fully saturated rings. The standard InChI is InChI=1S/C20H26F4IN3O3S/c1-17(2,3)31-16(29)27-15-18(4,5)32(30,26-10-20(22,23)24)11-19(6,28-15)13-9-12(25)7-8-14(13)21/h7-9H,10-11H2,1-6H3,(H,27,28,29)/t19-,32+/m0/s1. The maximum atomic E-state index is 14.7. The third kappa shape index (κ3) is 6.12. The Morgan fingerprint density at radius 3 is 2.41 bits per heavy atom. The minimum absolute atomic E-state index is 0.0401. The van der Waals surface area contributed by atoms with Crippen molar-refractivity contribution in [2.45, 2.75) is 63.6 Å². The number of amides is 1. The Kier molecular flexibility index (Phi) is 7.31. The highest BCUT2D eigenvalue weighted by Gasteiger charge is 2.50. The van der Waals surface area contributed by atoms with E-state index in [1.165, 1.54) is 39.0 Å². The third-order valence-electron chi connectivity index (χ3n) is 4.78. The molecular formula is C20H26F4IN3O3S. The van der Waals surface area contributed by atoms with E-state index in [9.17, 15) is 26.6 Å². The summed E-state index contributed by atoms with van der Waals surface area (Å²) in [6.07, 6.45) is -5.60. The van der Waals surface area contributed by atoms with Crippen molar-refractivity contribution in [3.63, 3.8) is 0 Å². The molecule has 0 saturated carbocycles. The second-order valence-electron chi connectivity index (χ2n) is 9.18. The summed E-state index contributed by atoms with van der Waals surface area (Å²) in [5.41, 5.74) is -2.37. The number of nitrogens with zero attached hydrogens (tertiary/aromatic N) is 2. The van der Waals surface area contributed by atoms with Gasteiger partial charge in [0.2, 0.25) is 0 Å². The van der Waals surface area contributed by atoms with Gasteiger partial charge in [0.05, 0.1) is 15.5 Å². The van der Waals surface area contributed by atoms with Gasteiger partial charge < -0.3 is 4.74 Å². The summed E-state index contributed by atoms with van der Waals surface area (Å²) in [4.78, 5) is 16.9. The number of hydrogen-bond donors (Lipinski definition) is 1. The van der Waals surface area contributed by atoms with Crippen LogP contribution in [0.4, 0.5) is 22.4 Å². The molecule has 0 bridgehead atoms. The summed E-state index contributed by atoms with van der Waals surface area (Å²) in [7, 11) is -3.69. The molecule has 2 atom stereocenters. The summed E-state index contributed by atoms with van der Waals surface area (Å²) in [5, 5.41) is 2.42. The Balaban J connectivity index is 2.71. The second kappa shape index (κ2) is 8.73. The first-order chi connectivity index (χ1) is 14.3. The molecule has 180 valence electrons. The predicted molar refractivity (Wildman–Crippen MR) is 124 cm³/mol. The van der Waals surface area contributed by atoms with E-state index in [0.29, 0.717) is 3.57 Å². The van der Waals surface area contributed by atoms with Gasteiger partial charge in [-0.3, -0.25) is 10.3 Å². The highest BCUT2D eigenvalue weighted by Crippen LogP contribution is 2.40. The second-order valence-corrected chi connectivity index (χ2v) is 13.3. The number of hydrogen-bond acceptors (Lipinski definition) is 5. The molecule has 1 amide bonds. The normalized spacial score (nSPS) is 25.7. The van der Waals surface area contributed by atoms with Crippen LogP contribution in [0.25, 0.3) is 0 Å². The van der Waals surface area contributed by atoms with Gasteiger partial charge in [0.1, 0.15) is 34.1 Å². The number of rotatable bonds is 2. The predicted octanol–water partition coefficient (Wildman–Crippen LogP) is 5.39. The van der Waals surface area contributed by atoms with Crippen LogP contribution in [0, 0.1) is 9.39 Å². The maximum absolute atomic E-state index is 14.7. The average molecular weight is 591 g/mol. The van der Waals surface area contributed by atoms with Crippen molar-refractivity contribution in [3.8, 4) is 0 Å². The van der Waals surface area contributed by atoms with Crippen LogP contribution >= 0.6 is 22.6 Å². The lowest BCUT2D eigenvalue weighted by atomic mass is 9.93. The van der Waals surface area contributed by atoms with Crippen LogP contribution < -0.4 is 5.32 Å². The third-order valence-corrected chi connectivity index (χ3v) is 8.74. The minimum atomic E-state index is -4.68. The molecule has 0 unspecified atom stereocenters. The summed E-state index contributed by atoms with van der Waals surface area (Å²) < 4.78 is 75.4. The van der Waals surface area contributed by atoms with E-state index >= 15 is 0 Å². The molecule has 32 heavy (non-hydrogen) atoms. The van der Waals surface area contributed by atoms with Crippen LogP contribution in [0.3, 0.4) is 0 Å². The van der Waals surface area contributed by atoms with Gasteiger partial charge in [-0.25, -0.2) is 17.8 Å². The zero-order valence-electron chi connectivity index (χ0n) is 18.6. The molecule has 0 aromatic heterocycles. The fourth-order valence-corrected chi connectivity index (χ4v) is 6.14. The van der Waals surface area contributed by atoms with Crippen molar-refractivity contribution in [3.05, 3.63) is 33.1 Å². The molecule has 1 aromatic carbocycles. The first-order valence-corrected chi connectivity index (χ1v) is 12.4.